The van der Waals surface area contributed by atoms with E-state index in [0.29, 0.717) is 38.8 Å². The molecule has 11 heteroatoms. The minimum atomic E-state index is -4.06. The number of nitrogens with one attached hydrogen (secondary N) is 1. The number of piperidine rings is 2. The standard InChI is InChI=1S/C24H30FN3O5S2/c1-34(30,31)26-21-12-14-27(15-13-21)24(29)19-10-11-23(18-6-3-2-4-7-18)28(17-19)35(32,33)22-9-5-8-20(25)16-22/h2-9,16,19,21,23,26H,10-15,17H2,1H3/t19-,23-/m1/s1. The zero-order valence-electron chi connectivity index (χ0n) is 19.5. The van der Waals surface area contributed by atoms with Gasteiger partial charge < -0.3 is 4.90 Å². The number of halogens is 1. The van der Waals surface area contributed by atoms with E-state index in [2.05, 4.69) is 4.72 Å². The van der Waals surface area contributed by atoms with E-state index in [1.807, 2.05) is 30.3 Å². The Balaban J connectivity index is 1.54. The average Bonchev–Trinajstić information content (AvgIpc) is 2.83. The van der Waals surface area contributed by atoms with Gasteiger partial charge in [-0.05, 0) is 49.4 Å². The fourth-order valence-electron chi connectivity index (χ4n) is 4.96. The molecule has 190 valence electrons. The molecule has 1 amide bonds. The van der Waals surface area contributed by atoms with E-state index in [4.69, 9.17) is 0 Å². The number of hydrogen-bond acceptors (Lipinski definition) is 5. The normalized spacial score (nSPS) is 22.7. The predicted octanol–water partition coefficient (Wildman–Crippen LogP) is 2.51. The lowest BCUT2D eigenvalue weighted by Gasteiger charge is -2.41. The molecule has 2 aromatic carbocycles. The maximum absolute atomic E-state index is 13.9. The van der Waals surface area contributed by atoms with Gasteiger partial charge in [-0.2, -0.15) is 4.31 Å². The van der Waals surface area contributed by atoms with Crippen LogP contribution >= 0.6 is 0 Å². The highest BCUT2D eigenvalue weighted by atomic mass is 32.2. The van der Waals surface area contributed by atoms with E-state index in [1.54, 1.807) is 4.90 Å². The van der Waals surface area contributed by atoms with E-state index >= 15 is 0 Å². The first-order valence-corrected chi connectivity index (χ1v) is 15.0. The van der Waals surface area contributed by atoms with Crippen molar-refractivity contribution >= 4 is 26.0 Å². The first-order valence-electron chi connectivity index (χ1n) is 11.6. The third-order valence-electron chi connectivity index (χ3n) is 6.66. The van der Waals surface area contributed by atoms with E-state index in [1.165, 1.54) is 22.5 Å². The summed E-state index contributed by atoms with van der Waals surface area (Å²) in [5.74, 6) is -1.30. The summed E-state index contributed by atoms with van der Waals surface area (Å²) in [6.45, 7) is 0.807. The first kappa shape index (κ1) is 25.7. The molecule has 2 aliphatic heterocycles. The molecule has 35 heavy (non-hydrogen) atoms. The third-order valence-corrected chi connectivity index (χ3v) is 9.29. The van der Waals surface area contributed by atoms with Gasteiger partial charge in [-0.3, -0.25) is 4.79 Å². The fourth-order valence-corrected chi connectivity index (χ4v) is 7.52. The minimum absolute atomic E-state index is 0.00123. The fraction of sp³-hybridized carbons (Fsp3) is 0.458. The van der Waals surface area contributed by atoms with Crippen LogP contribution in [0.4, 0.5) is 4.39 Å². The smallest absolute Gasteiger partial charge is 0.243 e. The van der Waals surface area contributed by atoms with E-state index in [0.717, 1.165) is 17.9 Å². The molecule has 2 aromatic rings. The molecule has 2 atom stereocenters. The summed E-state index contributed by atoms with van der Waals surface area (Å²) in [6.07, 6.45) is 3.10. The molecule has 2 aliphatic rings. The molecule has 0 aliphatic carbocycles. The molecule has 2 heterocycles. The Labute approximate surface area is 206 Å². The van der Waals surface area contributed by atoms with Gasteiger partial charge in [0, 0.05) is 25.7 Å². The molecule has 0 radical (unpaired) electrons. The quantitative estimate of drug-likeness (QED) is 0.627. The van der Waals surface area contributed by atoms with Crippen LogP contribution in [0.25, 0.3) is 0 Å². The van der Waals surface area contributed by atoms with Crippen molar-refractivity contribution in [2.24, 2.45) is 5.92 Å². The van der Waals surface area contributed by atoms with Crippen molar-refractivity contribution in [2.45, 2.75) is 42.7 Å². The zero-order chi connectivity index (χ0) is 25.2. The van der Waals surface area contributed by atoms with Crippen molar-refractivity contribution in [3.63, 3.8) is 0 Å². The first-order chi connectivity index (χ1) is 16.5. The van der Waals surface area contributed by atoms with Crippen molar-refractivity contribution in [1.82, 2.24) is 13.9 Å². The zero-order valence-corrected chi connectivity index (χ0v) is 21.1. The van der Waals surface area contributed by atoms with Crippen LogP contribution in [0.15, 0.2) is 59.5 Å². The number of amides is 1. The lowest BCUT2D eigenvalue weighted by molar-refractivity contribution is -0.138. The average molecular weight is 524 g/mol. The highest BCUT2D eigenvalue weighted by Gasteiger charge is 2.41. The molecule has 4 rings (SSSR count). The van der Waals surface area contributed by atoms with E-state index in [9.17, 15) is 26.0 Å². The number of benzene rings is 2. The molecule has 2 saturated heterocycles. The number of carbonyl (C=O) groups is 1. The lowest BCUT2D eigenvalue weighted by atomic mass is 9.89. The molecule has 0 aromatic heterocycles. The maximum Gasteiger partial charge on any atom is 0.243 e. The van der Waals surface area contributed by atoms with Gasteiger partial charge in [0.15, 0.2) is 0 Å². The van der Waals surface area contributed by atoms with Crippen molar-refractivity contribution in [3.8, 4) is 0 Å². The molecule has 0 unspecified atom stereocenters. The van der Waals surface area contributed by atoms with Gasteiger partial charge in [-0.1, -0.05) is 36.4 Å². The second kappa shape index (κ2) is 10.3. The molecular weight excluding hydrogens is 493 g/mol. The number of likely N-dealkylation sites (tertiary alicyclic amines) is 1. The Kier molecular flexibility index (Phi) is 7.60. The Morgan fingerprint density at radius 1 is 0.943 bits per heavy atom. The number of hydrogen-bond donors (Lipinski definition) is 1. The topological polar surface area (TPSA) is 104 Å². The van der Waals surface area contributed by atoms with Crippen LogP contribution in [-0.4, -0.2) is 63.9 Å². The highest BCUT2D eigenvalue weighted by molar-refractivity contribution is 7.89. The molecule has 1 N–H and O–H groups in total. The molecule has 0 saturated carbocycles. The summed E-state index contributed by atoms with van der Waals surface area (Å²) in [6, 6.07) is 13.5. The van der Waals surface area contributed by atoms with Gasteiger partial charge >= 0.3 is 0 Å². The molecule has 8 nitrogen and oxygen atoms in total. The Bertz CT molecular complexity index is 1260. The van der Waals surface area contributed by atoms with Crippen molar-refractivity contribution in [3.05, 3.63) is 66.0 Å². The molecular formula is C24H30FN3O5S2. The van der Waals surface area contributed by atoms with Crippen LogP contribution < -0.4 is 4.72 Å². The Morgan fingerprint density at radius 3 is 2.26 bits per heavy atom. The largest absolute Gasteiger partial charge is 0.342 e. The second-order valence-corrected chi connectivity index (χ2v) is 12.9. The number of carbonyl (C=O) groups excluding carboxylic acids is 1. The van der Waals surface area contributed by atoms with Gasteiger partial charge in [0.25, 0.3) is 0 Å². The summed E-state index contributed by atoms with van der Waals surface area (Å²) in [5.41, 5.74) is 0.825. The van der Waals surface area contributed by atoms with Crippen molar-refractivity contribution in [1.29, 1.82) is 0 Å². The summed E-state index contributed by atoms with van der Waals surface area (Å²) in [5, 5.41) is 0. The number of rotatable bonds is 6. The van der Waals surface area contributed by atoms with Crippen LogP contribution in [0.2, 0.25) is 0 Å². The summed E-state index contributed by atoms with van der Waals surface area (Å²) in [7, 11) is -7.38. The monoisotopic (exact) mass is 523 g/mol. The number of nitrogens with zero attached hydrogens (tertiary/aromatic N) is 2. The summed E-state index contributed by atoms with van der Waals surface area (Å²) < 4.78 is 68.0. The van der Waals surface area contributed by atoms with Crippen LogP contribution in [-0.2, 0) is 24.8 Å². The lowest BCUT2D eigenvalue weighted by Crippen LogP contribution is -2.51. The van der Waals surface area contributed by atoms with Crippen molar-refractivity contribution in [2.75, 3.05) is 25.9 Å². The van der Waals surface area contributed by atoms with Gasteiger partial charge in [-0.25, -0.2) is 25.9 Å². The van der Waals surface area contributed by atoms with Crippen molar-refractivity contribution < 1.29 is 26.0 Å². The summed E-state index contributed by atoms with van der Waals surface area (Å²) in [4.78, 5) is 14.9. The van der Waals surface area contributed by atoms with Crippen LogP contribution in [0.5, 0.6) is 0 Å². The van der Waals surface area contributed by atoms with Gasteiger partial charge in [0.1, 0.15) is 5.82 Å². The Morgan fingerprint density at radius 2 is 1.63 bits per heavy atom. The predicted molar refractivity (Wildman–Crippen MR) is 130 cm³/mol. The van der Waals surface area contributed by atoms with Gasteiger partial charge in [0.2, 0.25) is 26.0 Å². The molecule has 0 spiro atoms. The van der Waals surface area contributed by atoms with Gasteiger partial charge in [-0.15, -0.1) is 0 Å². The van der Waals surface area contributed by atoms with Crippen LogP contribution in [0.3, 0.4) is 0 Å². The van der Waals surface area contributed by atoms with Crippen LogP contribution in [0, 0.1) is 11.7 Å². The maximum atomic E-state index is 13.9. The third kappa shape index (κ3) is 6.08. The SMILES string of the molecule is CS(=O)(=O)NC1CCN(C(=O)[C@@H]2CC[C@H](c3ccccc3)N(S(=O)(=O)c3cccc(F)c3)C2)CC1. The summed E-state index contributed by atoms with van der Waals surface area (Å²) >= 11 is 0. The minimum Gasteiger partial charge on any atom is -0.342 e. The molecule has 0 bridgehead atoms. The Hall–Kier alpha value is -2.34. The second-order valence-electron chi connectivity index (χ2n) is 9.22. The highest BCUT2D eigenvalue weighted by Crippen LogP contribution is 2.38. The van der Waals surface area contributed by atoms with Gasteiger partial charge in [0.05, 0.1) is 23.1 Å². The molecule has 2 fully saturated rings. The van der Waals surface area contributed by atoms with Crippen LogP contribution in [0.1, 0.15) is 37.3 Å². The van der Waals surface area contributed by atoms with E-state index < -0.39 is 37.8 Å². The number of sulfonamides is 2. The van der Waals surface area contributed by atoms with E-state index in [-0.39, 0.29) is 23.4 Å².